The van der Waals surface area contributed by atoms with Crippen LogP contribution >= 0.6 is 0 Å². The smallest absolute Gasteiger partial charge is 0.238 e. The number of benzene rings is 1. The number of hydrogen-bond donors (Lipinski definition) is 1. The molecule has 1 aromatic carbocycles. The van der Waals surface area contributed by atoms with Gasteiger partial charge in [0.2, 0.25) is 11.7 Å². The van der Waals surface area contributed by atoms with Crippen molar-refractivity contribution in [3.05, 3.63) is 42.4 Å². The third-order valence-corrected chi connectivity index (χ3v) is 4.68. The maximum Gasteiger partial charge on any atom is 0.238 e. The van der Waals surface area contributed by atoms with Crippen LogP contribution in [0.4, 0.5) is 5.69 Å². The van der Waals surface area contributed by atoms with E-state index in [0.717, 1.165) is 26.2 Å². The largest absolute Gasteiger partial charge is 0.497 e. The number of anilines is 1. The summed E-state index contributed by atoms with van der Waals surface area (Å²) in [7, 11) is 3.13. The number of methoxy groups -OCH3 is 2. The number of ether oxygens (including phenoxy) is 2. The molecule has 2 aromatic rings. The van der Waals surface area contributed by atoms with E-state index in [0.29, 0.717) is 29.5 Å². The molecule has 1 aliphatic rings. The average Bonchev–Trinajstić information content (AvgIpc) is 3.25. The van der Waals surface area contributed by atoms with E-state index < -0.39 is 0 Å². The zero-order chi connectivity index (χ0) is 19.9. The fourth-order valence-electron chi connectivity index (χ4n) is 3.12. The van der Waals surface area contributed by atoms with Crippen LogP contribution in [0, 0.1) is 0 Å². The quantitative estimate of drug-likeness (QED) is 0.691. The van der Waals surface area contributed by atoms with Gasteiger partial charge in [0.1, 0.15) is 11.5 Å². The van der Waals surface area contributed by atoms with Crippen molar-refractivity contribution in [2.75, 3.05) is 58.8 Å². The van der Waals surface area contributed by atoms with E-state index in [1.807, 2.05) is 0 Å². The lowest BCUT2D eigenvalue weighted by molar-refractivity contribution is -0.117. The summed E-state index contributed by atoms with van der Waals surface area (Å²) in [4.78, 5) is 28.7. The molecule has 0 aliphatic carbocycles. The highest BCUT2D eigenvalue weighted by molar-refractivity contribution is 5.95. The summed E-state index contributed by atoms with van der Waals surface area (Å²) >= 11 is 0. The maximum absolute atomic E-state index is 12.4. The molecule has 1 aliphatic heterocycles. The van der Waals surface area contributed by atoms with Crippen LogP contribution < -0.4 is 14.8 Å². The van der Waals surface area contributed by atoms with Crippen molar-refractivity contribution in [2.45, 2.75) is 0 Å². The van der Waals surface area contributed by atoms with Gasteiger partial charge in [-0.05, 0) is 24.3 Å². The van der Waals surface area contributed by atoms with Crippen LogP contribution in [0.3, 0.4) is 0 Å². The van der Waals surface area contributed by atoms with Gasteiger partial charge in [-0.2, -0.15) is 0 Å². The van der Waals surface area contributed by atoms with Gasteiger partial charge in [-0.1, -0.05) is 0 Å². The summed E-state index contributed by atoms with van der Waals surface area (Å²) in [5.74, 6) is 1.46. The molecule has 8 nitrogen and oxygen atoms in total. The highest BCUT2D eigenvalue weighted by Gasteiger charge is 2.22. The molecule has 0 spiro atoms. The first-order chi connectivity index (χ1) is 13.6. The first-order valence-corrected chi connectivity index (χ1v) is 9.12. The van der Waals surface area contributed by atoms with Crippen LogP contribution in [-0.4, -0.2) is 75.0 Å². The molecule has 0 radical (unpaired) electrons. The van der Waals surface area contributed by atoms with Crippen molar-refractivity contribution in [1.29, 1.82) is 0 Å². The van der Waals surface area contributed by atoms with E-state index in [1.54, 1.807) is 44.6 Å². The van der Waals surface area contributed by atoms with E-state index in [9.17, 15) is 9.59 Å². The molecular weight excluding hydrogens is 362 g/mol. The van der Waals surface area contributed by atoms with Gasteiger partial charge in [-0.15, -0.1) is 0 Å². The lowest BCUT2D eigenvalue weighted by Gasteiger charge is -2.33. The van der Waals surface area contributed by atoms with E-state index in [1.165, 1.54) is 6.26 Å². The molecule has 1 fully saturated rings. The standard InChI is InChI=1S/C20H25N3O5/c1-26-15-5-6-16(19(12-15)27-2)21-20(25)14-23-9-7-22(8-10-23)13-17(24)18-4-3-11-28-18/h3-6,11-12H,7-10,13-14H2,1-2H3,(H,21,25). The second kappa shape index (κ2) is 9.38. The third-order valence-electron chi connectivity index (χ3n) is 4.68. The van der Waals surface area contributed by atoms with E-state index >= 15 is 0 Å². The van der Waals surface area contributed by atoms with E-state index in [2.05, 4.69) is 15.1 Å². The Kier molecular flexibility index (Phi) is 6.67. The lowest BCUT2D eigenvalue weighted by atomic mass is 10.2. The Morgan fingerprint density at radius 1 is 1.04 bits per heavy atom. The minimum Gasteiger partial charge on any atom is -0.497 e. The van der Waals surface area contributed by atoms with Gasteiger partial charge in [-0.3, -0.25) is 19.4 Å². The molecule has 1 amide bonds. The Morgan fingerprint density at radius 2 is 1.75 bits per heavy atom. The van der Waals surface area contributed by atoms with Crippen LogP contribution in [0.15, 0.2) is 41.0 Å². The summed E-state index contributed by atoms with van der Waals surface area (Å²) in [5.41, 5.74) is 0.607. The number of hydrogen-bond acceptors (Lipinski definition) is 7. The van der Waals surface area contributed by atoms with Crippen molar-refractivity contribution >= 4 is 17.4 Å². The van der Waals surface area contributed by atoms with E-state index in [-0.39, 0.29) is 18.2 Å². The summed E-state index contributed by atoms with van der Waals surface area (Å²) in [6, 6.07) is 8.64. The van der Waals surface area contributed by atoms with Gasteiger partial charge in [0.25, 0.3) is 0 Å². The molecule has 1 N–H and O–H groups in total. The molecule has 0 unspecified atom stereocenters. The van der Waals surface area contributed by atoms with Gasteiger partial charge >= 0.3 is 0 Å². The monoisotopic (exact) mass is 387 g/mol. The number of furan rings is 1. The summed E-state index contributed by atoms with van der Waals surface area (Å²) < 4.78 is 15.6. The Hall–Kier alpha value is -2.84. The summed E-state index contributed by atoms with van der Waals surface area (Å²) in [6.07, 6.45) is 1.50. The molecule has 2 heterocycles. The molecular formula is C20H25N3O5. The van der Waals surface area contributed by atoms with Gasteiger partial charge in [0.05, 0.1) is 39.3 Å². The Bertz CT molecular complexity index is 798. The zero-order valence-corrected chi connectivity index (χ0v) is 16.1. The number of rotatable bonds is 8. The molecule has 1 aromatic heterocycles. The Morgan fingerprint density at radius 3 is 2.36 bits per heavy atom. The number of amides is 1. The van der Waals surface area contributed by atoms with E-state index in [4.69, 9.17) is 13.9 Å². The topological polar surface area (TPSA) is 84.3 Å². The second-order valence-corrected chi connectivity index (χ2v) is 6.57. The normalized spacial score (nSPS) is 15.2. The van der Waals surface area contributed by atoms with Gasteiger partial charge in [0.15, 0.2) is 5.76 Å². The fourth-order valence-corrected chi connectivity index (χ4v) is 3.12. The number of nitrogens with zero attached hydrogens (tertiary/aromatic N) is 2. The van der Waals surface area contributed by atoms with Crippen LogP contribution in [-0.2, 0) is 4.79 Å². The zero-order valence-electron chi connectivity index (χ0n) is 16.1. The van der Waals surface area contributed by atoms with Crippen LogP contribution in [0.5, 0.6) is 11.5 Å². The van der Waals surface area contributed by atoms with Crippen molar-refractivity contribution in [3.8, 4) is 11.5 Å². The average molecular weight is 387 g/mol. The number of piperazine rings is 1. The number of carbonyl (C=O) groups excluding carboxylic acids is 2. The van der Waals surface area contributed by atoms with Crippen molar-refractivity contribution in [1.82, 2.24) is 9.80 Å². The number of carbonyl (C=O) groups is 2. The highest BCUT2D eigenvalue weighted by atomic mass is 16.5. The second-order valence-electron chi connectivity index (χ2n) is 6.57. The first-order valence-electron chi connectivity index (χ1n) is 9.12. The van der Waals surface area contributed by atoms with Crippen LogP contribution in [0.2, 0.25) is 0 Å². The Balaban J connectivity index is 1.45. The predicted molar refractivity (Wildman–Crippen MR) is 104 cm³/mol. The van der Waals surface area contributed by atoms with Crippen LogP contribution in [0.1, 0.15) is 10.6 Å². The molecule has 8 heteroatoms. The van der Waals surface area contributed by atoms with Gasteiger partial charge in [0, 0.05) is 32.2 Å². The molecule has 0 bridgehead atoms. The molecule has 3 rings (SSSR count). The van der Waals surface area contributed by atoms with Crippen molar-refractivity contribution < 1.29 is 23.5 Å². The predicted octanol–water partition coefficient (Wildman–Crippen LogP) is 1.74. The summed E-state index contributed by atoms with van der Waals surface area (Å²) in [6.45, 7) is 3.51. The van der Waals surface area contributed by atoms with Crippen molar-refractivity contribution in [3.63, 3.8) is 0 Å². The molecule has 1 saturated heterocycles. The molecule has 28 heavy (non-hydrogen) atoms. The number of ketones is 1. The van der Waals surface area contributed by atoms with Crippen LogP contribution in [0.25, 0.3) is 0 Å². The molecule has 0 atom stereocenters. The Labute approximate surface area is 164 Å². The third kappa shape index (κ3) is 5.11. The minimum atomic E-state index is -0.108. The fraction of sp³-hybridized carbons (Fsp3) is 0.400. The lowest BCUT2D eigenvalue weighted by Crippen LogP contribution is -2.49. The SMILES string of the molecule is COc1ccc(NC(=O)CN2CCN(CC(=O)c3ccco3)CC2)c(OC)c1. The number of Topliss-reactive ketones (excluding diaryl/α,β-unsaturated/α-hetero) is 1. The number of nitrogens with one attached hydrogen (secondary N) is 1. The van der Waals surface area contributed by atoms with Crippen molar-refractivity contribution in [2.24, 2.45) is 0 Å². The molecule has 150 valence electrons. The van der Waals surface area contributed by atoms with Gasteiger partial charge < -0.3 is 19.2 Å². The first kappa shape index (κ1) is 19.9. The minimum absolute atomic E-state index is 0.0252. The molecule has 0 saturated carbocycles. The summed E-state index contributed by atoms with van der Waals surface area (Å²) in [5, 5.41) is 2.88. The maximum atomic E-state index is 12.4. The van der Waals surface area contributed by atoms with Gasteiger partial charge in [-0.25, -0.2) is 0 Å². The highest BCUT2D eigenvalue weighted by Crippen LogP contribution is 2.28.